The van der Waals surface area contributed by atoms with Crippen molar-refractivity contribution in [1.29, 1.82) is 0 Å². The lowest BCUT2D eigenvalue weighted by molar-refractivity contribution is -0.277. The lowest BCUT2D eigenvalue weighted by atomic mass is 9.99. The van der Waals surface area contributed by atoms with Crippen LogP contribution in [0.15, 0.2) is 42.5 Å². The third-order valence-electron chi connectivity index (χ3n) is 4.51. The van der Waals surface area contributed by atoms with Gasteiger partial charge in [-0.3, -0.25) is 0 Å². The molecule has 5 atom stereocenters. The molecule has 1 aliphatic rings. The topological polar surface area (TPSA) is 99.4 Å². The largest absolute Gasteiger partial charge is 0.462 e. The Balaban J connectivity index is 1.74. The van der Waals surface area contributed by atoms with Gasteiger partial charge >= 0.3 is 0 Å². The van der Waals surface area contributed by atoms with Gasteiger partial charge in [-0.15, -0.1) is 0 Å². The number of aliphatic hydroxyl groups excluding tert-OH is 4. The highest BCUT2D eigenvalue weighted by molar-refractivity contribution is 5.65. The first-order chi connectivity index (χ1) is 12.4. The van der Waals surface area contributed by atoms with Crippen LogP contribution >= 0.6 is 0 Å². The fraction of sp³-hybridized carbons (Fsp3) is 0.400. The molecule has 5 unspecified atom stereocenters. The van der Waals surface area contributed by atoms with Gasteiger partial charge in [0, 0.05) is 0 Å². The quantitative estimate of drug-likeness (QED) is 0.653. The molecule has 0 saturated carbocycles. The second-order valence-corrected chi connectivity index (χ2v) is 6.72. The zero-order valence-electron chi connectivity index (χ0n) is 14.7. The van der Waals surface area contributed by atoms with E-state index in [1.165, 1.54) is 11.1 Å². The third kappa shape index (κ3) is 3.90. The van der Waals surface area contributed by atoms with Crippen LogP contribution in [0.1, 0.15) is 11.1 Å². The predicted molar refractivity (Wildman–Crippen MR) is 95.7 cm³/mol. The highest BCUT2D eigenvalue weighted by Crippen LogP contribution is 2.27. The van der Waals surface area contributed by atoms with Gasteiger partial charge in [0.05, 0.1) is 6.61 Å². The van der Waals surface area contributed by atoms with E-state index in [9.17, 15) is 20.4 Å². The van der Waals surface area contributed by atoms with Crippen molar-refractivity contribution in [3.8, 4) is 16.9 Å². The Bertz CT molecular complexity index is 722. The Morgan fingerprint density at radius 3 is 2.04 bits per heavy atom. The molecule has 1 aliphatic heterocycles. The van der Waals surface area contributed by atoms with E-state index in [0.717, 1.165) is 11.1 Å². The summed E-state index contributed by atoms with van der Waals surface area (Å²) in [4.78, 5) is 0. The van der Waals surface area contributed by atoms with E-state index in [2.05, 4.69) is 18.2 Å². The molecule has 4 N–H and O–H groups in total. The Labute approximate surface area is 152 Å². The van der Waals surface area contributed by atoms with Crippen LogP contribution in [0.3, 0.4) is 0 Å². The van der Waals surface area contributed by atoms with Crippen molar-refractivity contribution in [2.75, 3.05) is 6.61 Å². The summed E-state index contributed by atoms with van der Waals surface area (Å²) in [5, 5.41) is 38.9. The molecule has 0 bridgehead atoms. The minimum absolute atomic E-state index is 0.447. The molecule has 0 aliphatic carbocycles. The number of hydrogen-bond acceptors (Lipinski definition) is 6. The molecule has 6 heteroatoms. The van der Waals surface area contributed by atoms with Crippen LogP contribution in [0, 0.1) is 13.8 Å². The molecule has 2 aromatic carbocycles. The highest BCUT2D eigenvalue weighted by Gasteiger charge is 2.44. The molecular formula is C20H24O6. The normalized spacial score (nSPS) is 28.8. The maximum absolute atomic E-state index is 10.0. The summed E-state index contributed by atoms with van der Waals surface area (Å²) in [6.07, 6.45) is -6.46. The molecule has 0 amide bonds. The van der Waals surface area contributed by atoms with Gasteiger partial charge in [-0.2, -0.15) is 0 Å². The van der Waals surface area contributed by atoms with E-state index in [0.29, 0.717) is 5.75 Å². The molecule has 140 valence electrons. The van der Waals surface area contributed by atoms with Gasteiger partial charge in [-0.1, -0.05) is 41.5 Å². The summed E-state index contributed by atoms with van der Waals surface area (Å²) >= 11 is 0. The average Bonchev–Trinajstić information content (AvgIpc) is 2.62. The molecule has 0 aromatic heterocycles. The lowest BCUT2D eigenvalue weighted by Gasteiger charge is -2.39. The molecule has 3 rings (SSSR count). The molecule has 1 fully saturated rings. The second kappa shape index (κ2) is 7.73. The number of aliphatic hydroxyl groups is 4. The molecule has 2 aromatic rings. The average molecular weight is 360 g/mol. The van der Waals surface area contributed by atoms with E-state index < -0.39 is 37.3 Å². The lowest BCUT2D eigenvalue weighted by Crippen LogP contribution is -2.60. The van der Waals surface area contributed by atoms with Crippen molar-refractivity contribution in [2.45, 2.75) is 44.6 Å². The van der Waals surface area contributed by atoms with Gasteiger partial charge in [-0.05, 0) is 37.1 Å². The first kappa shape index (κ1) is 18.8. The number of rotatable bonds is 4. The van der Waals surface area contributed by atoms with Crippen LogP contribution in [0.5, 0.6) is 5.75 Å². The van der Waals surface area contributed by atoms with Gasteiger partial charge in [0.25, 0.3) is 0 Å². The van der Waals surface area contributed by atoms with Crippen LogP contribution < -0.4 is 4.74 Å². The van der Waals surface area contributed by atoms with Crippen LogP contribution in [0.25, 0.3) is 11.1 Å². The van der Waals surface area contributed by atoms with E-state index in [-0.39, 0.29) is 0 Å². The minimum atomic E-state index is -1.46. The summed E-state index contributed by atoms with van der Waals surface area (Å²) < 4.78 is 11.0. The van der Waals surface area contributed by atoms with Crippen molar-refractivity contribution < 1.29 is 29.9 Å². The Hall–Kier alpha value is -1.96. The number of ether oxygens (including phenoxy) is 2. The van der Waals surface area contributed by atoms with Crippen LogP contribution in [-0.2, 0) is 4.74 Å². The van der Waals surface area contributed by atoms with Crippen LogP contribution in [-0.4, -0.2) is 57.7 Å². The van der Waals surface area contributed by atoms with Gasteiger partial charge in [0.2, 0.25) is 6.29 Å². The van der Waals surface area contributed by atoms with E-state index in [1.807, 2.05) is 26.0 Å². The Kier molecular flexibility index (Phi) is 5.60. The summed E-state index contributed by atoms with van der Waals surface area (Å²) in [5.41, 5.74) is 4.49. The fourth-order valence-electron chi connectivity index (χ4n) is 3.17. The van der Waals surface area contributed by atoms with Gasteiger partial charge in [0.1, 0.15) is 30.2 Å². The molecule has 0 radical (unpaired) electrons. The summed E-state index contributed by atoms with van der Waals surface area (Å²) in [7, 11) is 0. The van der Waals surface area contributed by atoms with Crippen molar-refractivity contribution >= 4 is 0 Å². The maximum atomic E-state index is 10.0. The van der Waals surface area contributed by atoms with Crippen LogP contribution in [0.4, 0.5) is 0 Å². The molecular weight excluding hydrogens is 336 g/mol. The number of aryl methyl sites for hydroxylation is 2. The highest BCUT2D eigenvalue weighted by atomic mass is 16.7. The maximum Gasteiger partial charge on any atom is 0.229 e. The fourth-order valence-corrected chi connectivity index (χ4v) is 3.17. The van der Waals surface area contributed by atoms with E-state index in [4.69, 9.17) is 9.47 Å². The molecule has 0 spiro atoms. The zero-order valence-corrected chi connectivity index (χ0v) is 14.7. The third-order valence-corrected chi connectivity index (χ3v) is 4.51. The first-order valence-electron chi connectivity index (χ1n) is 8.55. The van der Waals surface area contributed by atoms with Crippen molar-refractivity contribution in [2.24, 2.45) is 0 Å². The SMILES string of the molecule is Cc1cc(C)cc(-c2ccc(OC3OC(CO)C(O)C(O)C3O)cc2)c1. The number of benzene rings is 2. The molecule has 1 saturated heterocycles. The Morgan fingerprint density at radius 2 is 1.46 bits per heavy atom. The molecule has 26 heavy (non-hydrogen) atoms. The zero-order chi connectivity index (χ0) is 18.8. The standard InChI is InChI=1S/C20H24O6/c1-11-7-12(2)9-14(8-11)13-3-5-15(6-4-13)25-20-19(24)18(23)17(22)16(10-21)26-20/h3-9,16-24H,10H2,1-2H3. The smallest absolute Gasteiger partial charge is 0.229 e. The first-order valence-corrected chi connectivity index (χ1v) is 8.55. The Morgan fingerprint density at radius 1 is 0.846 bits per heavy atom. The second-order valence-electron chi connectivity index (χ2n) is 6.72. The summed E-state index contributed by atoms with van der Waals surface area (Å²) in [6.45, 7) is 3.61. The molecule has 6 nitrogen and oxygen atoms in total. The van der Waals surface area contributed by atoms with E-state index >= 15 is 0 Å². The predicted octanol–water partition coefficient (Wildman–Crippen LogP) is 1.15. The van der Waals surface area contributed by atoms with E-state index in [1.54, 1.807) is 12.1 Å². The minimum Gasteiger partial charge on any atom is -0.462 e. The van der Waals surface area contributed by atoms with Crippen molar-refractivity contribution in [3.05, 3.63) is 53.6 Å². The van der Waals surface area contributed by atoms with Gasteiger partial charge < -0.3 is 29.9 Å². The monoisotopic (exact) mass is 360 g/mol. The van der Waals surface area contributed by atoms with Gasteiger partial charge in [-0.25, -0.2) is 0 Å². The number of hydrogen-bond donors (Lipinski definition) is 4. The van der Waals surface area contributed by atoms with Gasteiger partial charge in [0.15, 0.2) is 0 Å². The van der Waals surface area contributed by atoms with Crippen molar-refractivity contribution in [1.82, 2.24) is 0 Å². The summed E-state index contributed by atoms with van der Waals surface area (Å²) in [5.74, 6) is 0.447. The van der Waals surface area contributed by atoms with Crippen molar-refractivity contribution in [3.63, 3.8) is 0 Å². The summed E-state index contributed by atoms with van der Waals surface area (Å²) in [6, 6.07) is 13.6. The molecule has 1 heterocycles. The van der Waals surface area contributed by atoms with Crippen LogP contribution in [0.2, 0.25) is 0 Å².